The average Bonchev–Trinajstić information content (AvgIpc) is 2.84. The highest BCUT2D eigenvalue weighted by Gasteiger charge is 2.25. The number of aryl methyl sites for hydroxylation is 1. The molecule has 1 amide bonds. The van der Waals surface area contributed by atoms with Crippen LogP contribution in [0.2, 0.25) is 5.02 Å². The molecule has 0 fully saturated rings. The highest BCUT2D eigenvalue weighted by Crippen LogP contribution is 2.31. The van der Waals surface area contributed by atoms with Crippen molar-refractivity contribution in [3.63, 3.8) is 0 Å². The summed E-state index contributed by atoms with van der Waals surface area (Å²) in [7, 11) is 0. The van der Waals surface area contributed by atoms with E-state index in [2.05, 4.69) is 41.4 Å². The first-order valence-corrected chi connectivity index (χ1v) is 8.33. The highest BCUT2D eigenvalue weighted by molar-refractivity contribution is 6.31. The Morgan fingerprint density at radius 2 is 2.09 bits per heavy atom. The van der Waals surface area contributed by atoms with Crippen LogP contribution in [0.5, 0.6) is 0 Å². The average molecular weight is 329 g/mol. The van der Waals surface area contributed by atoms with Gasteiger partial charge in [0.15, 0.2) is 0 Å². The van der Waals surface area contributed by atoms with Gasteiger partial charge < -0.3 is 10.2 Å². The number of rotatable bonds is 4. The number of nitrogens with zero attached hydrogens (tertiary/aromatic N) is 1. The molecule has 0 aliphatic carbocycles. The number of amides is 1. The maximum atomic E-state index is 12.3. The van der Waals surface area contributed by atoms with Gasteiger partial charge in [-0.25, -0.2) is 0 Å². The maximum absolute atomic E-state index is 12.3. The zero-order valence-corrected chi connectivity index (χ0v) is 14.2. The van der Waals surface area contributed by atoms with Crippen LogP contribution in [0.4, 0.5) is 11.4 Å². The van der Waals surface area contributed by atoms with Crippen LogP contribution in [0.25, 0.3) is 0 Å². The summed E-state index contributed by atoms with van der Waals surface area (Å²) in [6, 6.07) is 14.4. The number of nitrogens with one attached hydrogen (secondary N) is 1. The Bertz CT molecular complexity index is 729. The Morgan fingerprint density at radius 3 is 2.91 bits per heavy atom. The smallest absolute Gasteiger partial charge is 0.226 e. The van der Waals surface area contributed by atoms with E-state index < -0.39 is 0 Å². The maximum Gasteiger partial charge on any atom is 0.226 e. The van der Waals surface area contributed by atoms with Gasteiger partial charge in [0.05, 0.1) is 0 Å². The number of benzene rings is 2. The number of para-hydroxylation sites is 1. The quantitative estimate of drug-likeness (QED) is 0.900. The van der Waals surface area contributed by atoms with Gasteiger partial charge in [0.25, 0.3) is 0 Å². The Labute approximate surface area is 142 Å². The number of carbonyl (C=O) groups excluding carboxylic acids is 1. The molecule has 1 atom stereocenters. The van der Waals surface area contributed by atoms with E-state index in [1.54, 1.807) is 6.07 Å². The first kappa shape index (κ1) is 15.9. The zero-order valence-electron chi connectivity index (χ0n) is 13.5. The van der Waals surface area contributed by atoms with Crippen LogP contribution in [0.1, 0.15) is 24.5 Å². The Hall–Kier alpha value is -2.00. The molecule has 1 aliphatic heterocycles. The molecular weight excluding hydrogens is 308 g/mol. The number of anilines is 2. The van der Waals surface area contributed by atoms with Crippen molar-refractivity contribution in [2.45, 2.75) is 32.7 Å². The minimum Gasteiger partial charge on any atom is -0.368 e. The third kappa shape index (κ3) is 3.50. The molecule has 1 aliphatic rings. The SMILES string of the molecule is Cc1ccc(Cl)cc1NC(=O)CCN1c2ccccc2CC1C. The molecule has 0 saturated heterocycles. The summed E-state index contributed by atoms with van der Waals surface area (Å²) >= 11 is 6.00. The van der Waals surface area contributed by atoms with E-state index >= 15 is 0 Å². The molecule has 1 heterocycles. The summed E-state index contributed by atoms with van der Waals surface area (Å²) in [6.07, 6.45) is 1.51. The van der Waals surface area contributed by atoms with Crippen molar-refractivity contribution in [2.24, 2.45) is 0 Å². The van der Waals surface area contributed by atoms with Crippen LogP contribution in [-0.2, 0) is 11.2 Å². The third-order valence-electron chi connectivity index (χ3n) is 4.40. The molecule has 4 heteroatoms. The normalized spacial score (nSPS) is 16.3. The van der Waals surface area contributed by atoms with Gasteiger partial charge in [-0.15, -0.1) is 0 Å². The number of hydrogen-bond donors (Lipinski definition) is 1. The molecular formula is C19H21ClN2O. The van der Waals surface area contributed by atoms with Gasteiger partial charge in [-0.3, -0.25) is 4.79 Å². The first-order chi connectivity index (χ1) is 11.0. The van der Waals surface area contributed by atoms with Gasteiger partial charge in [0.2, 0.25) is 5.91 Å². The Kier molecular flexibility index (Phi) is 4.58. The lowest BCUT2D eigenvalue weighted by Gasteiger charge is -2.24. The molecule has 0 bridgehead atoms. The van der Waals surface area contributed by atoms with Crippen molar-refractivity contribution in [2.75, 3.05) is 16.8 Å². The van der Waals surface area contributed by atoms with E-state index in [0.29, 0.717) is 17.5 Å². The van der Waals surface area contributed by atoms with E-state index in [0.717, 1.165) is 24.2 Å². The molecule has 1 N–H and O–H groups in total. The molecule has 1 unspecified atom stereocenters. The van der Waals surface area contributed by atoms with Crippen LogP contribution in [0.15, 0.2) is 42.5 Å². The molecule has 2 aromatic rings. The zero-order chi connectivity index (χ0) is 16.4. The molecule has 3 rings (SSSR count). The van der Waals surface area contributed by atoms with E-state index in [4.69, 9.17) is 11.6 Å². The monoisotopic (exact) mass is 328 g/mol. The molecule has 0 aromatic heterocycles. The van der Waals surface area contributed by atoms with Crippen LogP contribution in [-0.4, -0.2) is 18.5 Å². The van der Waals surface area contributed by atoms with Crippen molar-refractivity contribution in [3.05, 3.63) is 58.6 Å². The number of halogens is 1. The van der Waals surface area contributed by atoms with Crippen LogP contribution >= 0.6 is 11.6 Å². The third-order valence-corrected chi connectivity index (χ3v) is 4.64. The van der Waals surface area contributed by atoms with Gasteiger partial charge >= 0.3 is 0 Å². The van der Waals surface area contributed by atoms with Crippen molar-refractivity contribution in [1.29, 1.82) is 0 Å². The standard InChI is InChI=1S/C19H21ClN2O/c1-13-7-8-16(20)12-17(13)21-19(23)9-10-22-14(2)11-15-5-3-4-6-18(15)22/h3-8,12,14H,9-11H2,1-2H3,(H,21,23). The van der Waals surface area contributed by atoms with Crippen molar-refractivity contribution >= 4 is 28.9 Å². The summed E-state index contributed by atoms with van der Waals surface area (Å²) in [5, 5.41) is 3.60. The van der Waals surface area contributed by atoms with Gasteiger partial charge in [-0.05, 0) is 49.6 Å². The predicted molar refractivity (Wildman–Crippen MR) is 96.4 cm³/mol. The van der Waals surface area contributed by atoms with Crippen LogP contribution in [0, 0.1) is 6.92 Å². The fraction of sp³-hybridized carbons (Fsp3) is 0.316. The van der Waals surface area contributed by atoms with Gasteiger partial charge in [-0.2, -0.15) is 0 Å². The fourth-order valence-electron chi connectivity index (χ4n) is 3.13. The summed E-state index contributed by atoms with van der Waals surface area (Å²) in [6.45, 7) is 4.90. The minimum absolute atomic E-state index is 0.0203. The second-order valence-corrected chi connectivity index (χ2v) is 6.57. The largest absolute Gasteiger partial charge is 0.368 e. The van der Waals surface area contributed by atoms with E-state index in [1.165, 1.54) is 11.3 Å². The van der Waals surface area contributed by atoms with Gasteiger partial charge in [-0.1, -0.05) is 35.9 Å². The molecule has 3 nitrogen and oxygen atoms in total. The molecule has 0 saturated carbocycles. The second kappa shape index (κ2) is 6.63. The lowest BCUT2D eigenvalue weighted by atomic mass is 10.1. The van der Waals surface area contributed by atoms with Gasteiger partial charge in [0, 0.05) is 35.4 Å². The number of hydrogen-bond acceptors (Lipinski definition) is 2. The van der Waals surface area contributed by atoms with E-state index in [1.807, 2.05) is 19.1 Å². The number of fused-ring (bicyclic) bond motifs is 1. The second-order valence-electron chi connectivity index (χ2n) is 6.13. The highest BCUT2D eigenvalue weighted by atomic mass is 35.5. The Balaban J connectivity index is 1.62. The van der Waals surface area contributed by atoms with Gasteiger partial charge in [0.1, 0.15) is 0 Å². The van der Waals surface area contributed by atoms with Crippen LogP contribution < -0.4 is 10.2 Å². The molecule has 2 aromatic carbocycles. The summed E-state index contributed by atoms with van der Waals surface area (Å²) in [5.74, 6) is 0.0203. The summed E-state index contributed by atoms with van der Waals surface area (Å²) in [5.41, 5.74) is 4.43. The first-order valence-electron chi connectivity index (χ1n) is 7.95. The van der Waals surface area contributed by atoms with E-state index in [9.17, 15) is 4.79 Å². The summed E-state index contributed by atoms with van der Waals surface area (Å²) in [4.78, 5) is 14.6. The molecule has 0 spiro atoms. The lowest BCUT2D eigenvalue weighted by molar-refractivity contribution is -0.116. The number of carbonyl (C=O) groups is 1. The topological polar surface area (TPSA) is 32.3 Å². The predicted octanol–water partition coefficient (Wildman–Crippen LogP) is 4.43. The van der Waals surface area contributed by atoms with E-state index in [-0.39, 0.29) is 5.91 Å². The Morgan fingerprint density at radius 1 is 1.30 bits per heavy atom. The molecule has 23 heavy (non-hydrogen) atoms. The molecule has 0 radical (unpaired) electrons. The minimum atomic E-state index is 0.0203. The fourth-order valence-corrected chi connectivity index (χ4v) is 3.31. The molecule has 120 valence electrons. The van der Waals surface area contributed by atoms with Crippen molar-refractivity contribution < 1.29 is 4.79 Å². The van der Waals surface area contributed by atoms with Crippen molar-refractivity contribution in [3.8, 4) is 0 Å². The lowest BCUT2D eigenvalue weighted by Crippen LogP contribution is -2.32. The van der Waals surface area contributed by atoms with Crippen LogP contribution in [0.3, 0.4) is 0 Å². The summed E-state index contributed by atoms with van der Waals surface area (Å²) < 4.78 is 0. The van der Waals surface area contributed by atoms with Crippen molar-refractivity contribution in [1.82, 2.24) is 0 Å².